The van der Waals surface area contributed by atoms with Crippen LogP contribution in [0.4, 0.5) is 5.69 Å². The lowest BCUT2D eigenvalue weighted by atomic mass is 10.1. The van der Waals surface area contributed by atoms with Gasteiger partial charge in [-0.2, -0.15) is 0 Å². The number of nitrogens with one attached hydrogen (secondary N) is 2. The largest absolute Gasteiger partial charge is 0.497 e. The van der Waals surface area contributed by atoms with E-state index in [1.54, 1.807) is 20.4 Å². The quantitative estimate of drug-likeness (QED) is 0.408. The van der Waals surface area contributed by atoms with E-state index in [1.807, 2.05) is 25.6 Å². The number of ether oxygens (including phenoxy) is 2. The average molecular weight is 449 g/mol. The van der Waals surface area contributed by atoms with Gasteiger partial charge in [-0.1, -0.05) is 24.3 Å². The molecular formula is C25H32N6O2. The molecule has 0 spiro atoms. The van der Waals surface area contributed by atoms with Crippen LogP contribution in [0, 0.1) is 0 Å². The Morgan fingerprint density at radius 1 is 1.09 bits per heavy atom. The molecule has 1 aliphatic heterocycles. The molecule has 0 aliphatic carbocycles. The summed E-state index contributed by atoms with van der Waals surface area (Å²) in [6, 6.07) is 14.9. The van der Waals surface area contributed by atoms with Gasteiger partial charge in [0.1, 0.15) is 11.5 Å². The van der Waals surface area contributed by atoms with Gasteiger partial charge in [0.2, 0.25) is 0 Å². The molecule has 2 N–H and O–H groups in total. The van der Waals surface area contributed by atoms with Crippen molar-refractivity contribution in [2.24, 2.45) is 4.99 Å². The summed E-state index contributed by atoms with van der Waals surface area (Å²) < 4.78 is 12.9. The Hall–Kier alpha value is -3.68. The number of anilines is 1. The first kappa shape index (κ1) is 22.5. The van der Waals surface area contributed by atoms with Crippen molar-refractivity contribution in [3.8, 4) is 11.5 Å². The van der Waals surface area contributed by atoms with Crippen LogP contribution in [0.2, 0.25) is 0 Å². The standard InChI is InChI=1S/C25H32N6O2/c1-26-25(28-15-19-4-6-20(7-5-19)16-30-11-9-27-18-30)29-21-8-10-31(17-21)22-12-23(32-2)14-24(13-22)33-3/h4-7,9,11-14,18,21H,8,10,15-17H2,1-3H3,(H2,26,28,29). The molecule has 1 aliphatic rings. The predicted octanol–water partition coefficient (Wildman–Crippen LogP) is 2.89. The molecule has 1 saturated heterocycles. The molecule has 33 heavy (non-hydrogen) atoms. The van der Waals surface area contributed by atoms with E-state index in [-0.39, 0.29) is 0 Å². The summed E-state index contributed by atoms with van der Waals surface area (Å²) in [5, 5.41) is 6.99. The number of aromatic nitrogens is 2. The van der Waals surface area contributed by atoms with Gasteiger partial charge in [-0.05, 0) is 17.5 Å². The maximum atomic E-state index is 5.42. The zero-order chi connectivity index (χ0) is 23.0. The Morgan fingerprint density at radius 2 is 1.82 bits per heavy atom. The van der Waals surface area contributed by atoms with Gasteiger partial charge in [0.15, 0.2) is 5.96 Å². The summed E-state index contributed by atoms with van der Waals surface area (Å²) in [6.07, 6.45) is 6.64. The second kappa shape index (κ2) is 10.8. The third-order valence-corrected chi connectivity index (χ3v) is 5.86. The number of imidazole rings is 1. The lowest BCUT2D eigenvalue weighted by molar-refractivity contribution is 0.394. The summed E-state index contributed by atoms with van der Waals surface area (Å²) in [5.41, 5.74) is 3.57. The Morgan fingerprint density at radius 3 is 2.45 bits per heavy atom. The molecule has 8 heteroatoms. The molecular weight excluding hydrogens is 416 g/mol. The van der Waals surface area contributed by atoms with Gasteiger partial charge in [0, 0.05) is 75.5 Å². The van der Waals surface area contributed by atoms with Crippen LogP contribution in [0.25, 0.3) is 0 Å². The molecule has 0 saturated carbocycles. The first-order valence-corrected chi connectivity index (χ1v) is 11.2. The van der Waals surface area contributed by atoms with E-state index in [0.717, 1.165) is 49.2 Å². The smallest absolute Gasteiger partial charge is 0.191 e. The number of nitrogens with zero attached hydrogens (tertiary/aromatic N) is 4. The number of rotatable bonds is 8. The van der Waals surface area contributed by atoms with Crippen LogP contribution in [0.5, 0.6) is 11.5 Å². The van der Waals surface area contributed by atoms with E-state index in [1.165, 1.54) is 11.1 Å². The van der Waals surface area contributed by atoms with Crippen molar-refractivity contribution in [1.29, 1.82) is 0 Å². The SMILES string of the molecule is CN=C(NCc1ccc(Cn2ccnc2)cc1)NC1CCN(c2cc(OC)cc(OC)c2)C1. The van der Waals surface area contributed by atoms with Crippen LogP contribution >= 0.6 is 0 Å². The van der Waals surface area contributed by atoms with Crippen LogP contribution in [0.1, 0.15) is 17.5 Å². The minimum atomic E-state index is 0.311. The Kier molecular flexibility index (Phi) is 7.34. The van der Waals surface area contributed by atoms with Crippen LogP contribution in [0.15, 0.2) is 66.2 Å². The van der Waals surface area contributed by atoms with E-state index in [4.69, 9.17) is 9.47 Å². The lowest BCUT2D eigenvalue weighted by Gasteiger charge is -2.21. The monoisotopic (exact) mass is 448 g/mol. The van der Waals surface area contributed by atoms with E-state index in [0.29, 0.717) is 12.6 Å². The first-order chi connectivity index (χ1) is 16.2. The Balaban J connectivity index is 1.28. The Labute approximate surface area is 195 Å². The minimum absolute atomic E-state index is 0.311. The topological polar surface area (TPSA) is 75.9 Å². The molecule has 1 aromatic heterocycles. The fraction of sp³-hybridized carbons (Fsp3) is 0.360. The molecule has 8 nitrogen and oxygen atoms in total. The molecule has 0 amide bonds. The van der Waals surface area contributed by atoms with Gasteiger partial charge in [0.25, 0.3) is 0 Å². The van der Waals surface area contributed by atoms with Crippen LogP contribution in [0.3, 0.4) is 0 Å². The number of guanidine groups is 1. The molecule has 2 aromatic carbocycles. The normalized spacial score (nSPS) is 16.0. The molecule has 1 atom stereocenters. The average Bonchev–Trinajstić information content (AvgIpc) is 3.54. The van der Waals surface area contributed by atoms with Crippen molar-refractivity contribution in [2.45, 2.75) is 25.6 Å². The van der Waals surface area contributed by atoms with Crippen molar-refractivity contribution in [2.75, 3.05) is 39.3 Å². The number of methoxy groups -OCH3 is 2. The first-order valence-electron chi connectivity index (χ1n) is 11.2. The molecule has 3 aromatic rings. The van der Waals surface area contributed by atoms with Crippen molar-refractivity contribution in [1.82, 2.24) is 20.2 Å². The van der Waals surface area contributed by atoms with Gasteiger partial charge in [0.05, 0.1) is 20.5 Å². The second-order valence-corrected chi connectivity index (χ2v) is 8.12. The number of benzene rings is 2. The predicted molar refractivity (Wildman–Crippen MR) is 131 cm³/mol. The molecule has 2 heterocycles. The molecule has 174 valence electrons. The number of hydrogen-bond acceptors (Lipinski definition) is 5. The van der Waals surface area contributed by atoms with Gasteiger partial charge < -0.3 is 29.6 Å². The lowest BCUT2D eigenvalue weighted by Crippen LogP contribution is -2.44. The number of aliphatic imine (C=N–C) groups is 1. The highest BCUT2D eigenvalue weighted by molar-refractivity contribution is 5.80. The summed E-state index contributed by atoms with van der Waals surface area (Å²) in [4.78, 5) is 10.8. The van der Waals surface area contributed by atoms with Gasteiger partial charge in [-0.25, -0.2) is 4.98 Å². The molecule has 1 unspecified atom stereocenters. The van der Waals surface area contributed by atoms with Gasteiger partial charge >= 0.3 is 0 Å². The fourth-order valence-electron chi connectivity index (χ4n) is 4.01. The summed E-state index contributed by atoms with van der Waals surface area (Å²) in [6.45, 7) is 3.39. The zero-order valence-electron chi connectivity index (χ0n) is 19.5. The highest BCUT2D eigenvalue weighted by Crippen LogP contribution is 2.30. The highest BCUT2D eigenvalue weighted by atomic mass is 16.5. The highest BCUT2D eigenvalue weighted by Gasteiger charge is 2.24. The Bertz CT molecular complexity index is 1030. The molecule has 1 fully saturated rings. The summed E-state index contributed by atoms with van der Waals surface area (Å²) >= 11 is 0. The molecule has 0 bridgehead atoms. The van der Waals surface area contributed by atoms with Crippen molar-refractivity contribution in [3.63, 3.8) is 0 Å². The second-order valence-electron chi connectivity index (χ2n) is 8.12. The van der Waals surface area contributed by atoms with Gasteiger partial charge in [-0.3, -0.25) is 4.99 Å². The van der Waals surface area contributed by atoms with Crippen molar-refractivity contribution >= 4 is 11.6 Å². The van der Waals surface area contributed by atoms with E-state index < -0.39 is 0 Å². The van der Waals surface area contributed by atoms with Crippen LogP contribution in [-0.2, 0) is 13.1 Å². The maximum Gasteiger partial charge on any atom is 0.191 e. The summed E-state index contributed by atoms with van der Waals surface area (Å²) in [5.74, 6) is 2.41. The fourth-order valence-corrected chi connectivity index (χ4v) is 4.01. The van der Waals surface area contributed by atoms with Crippen molar-refractivity contribution < 1.29 is 9.47 Å². The molecule has 4 rings (SSSR count). The van der Waals surface area contributed by atoms with E-state index >= 15 is 0 Å². The van der Waals surface area contributed by atoms with Gasteiger partial charge in [-0.15, -0.1) is 0 Å². The third-order valence-electron chi connectivity index (χ3n) is 5.86. The summed E-state index contributed by atoms with van der Waals surface area (Å²) in [7, 11) is 5.16. The third kappa shape index (κ3) is 5.97. The maximum absolute atomic E-state index is 5.42. The molecule has 0 radical (unpaired) electrons. The minimum Gasteiger partial charge on any atom is -0.497 e. The van der Waals surface area contributed by atoms with Crippen molar-refractivity contribution in [3.05, 3.63) is 72.3 Å². The van der Waals surface area contributed by atoms with Crippen LogP contribution < -0.4 is 25.0 Å². The van der Waals surface area contributed by atoms with Crippen LogP contribution in [-0.4, -0.2) is 55.9 Å². The zero-order valence-corrected chi connectivity index (χ0v) is 19.5. The van der Waals surface area contributed by atoms with E-state index in [2.05, 4.69) is 66.5 Å². The number of hydrogen-bond donors (Lipinski definition) is 2. The van der Waals surface area contributed by atoms with E-state index in [9.17, 15) is 0 Å².